The van der Waals surface area contributed by atoms with E-state index in [-0.39, 0.29) is 0 Å². The van der Waals surface area contributed by atoms with E-state index in [4.69, 9.17) is 0 Å². The number of hydrogen-bond acceptors (Lipinski definition) is 1. The fourth-order valence-electron chi connectivity index (χ4n) is 1.79. The van der Waals surface area contributed by atoms with Gasteiger partial charge >= 0.3 is 0 Å². The molecule has 0 aromatic heterocycles. The van der Waals surface area contributed by atoms with E-state index in [1.165, 1.54) is 17.7 Å². The largest absolute Gasteiger partial charge is 0.382 e. The Morgan fingerprint density at radius 3 is 2.07 bits per heavy atom. The van der Waals surface area contributed by atoms with Gasteiger partial charge in [0.1, 0.15) is 0 Å². The fraction of sp³-hybridized carbons (Fsp3) is 0.571. The minimum Gasteiger partial charge on any atom is -0.382 e. The van der Waals surface area contributed by atoms with Crippen LogP contribution >= 0.6 is 0 Å². The summed E-state index contributed by atoms with van der Waals surface area (Å²) in [5, 5.41) is 3.58. The molecule has 0 amide bonds. The molecule has 0 fully saturated rings. The molecule has 1 N–H and O–H groups in total. The first-order valence-corrected chi connectivity index (χ1v) is 6.02. The SMILES string of the molecule is CCc1ccc(NC(CC)C(C)C)cc1. The topological polar surface area (TPSA) is 12.0 Å². The normalized spacial score (nSPS) is 12.9. The number of anilines is 1. The van der Waals surface area contributed by atoms with Crippen molar-refractivity contribution in [2.45, 2.75) is 46.6 Å². The van der Waals surface area contributed by atoms with Crippen LogP contribution in [0, 0.1) is 5.92 Å². The molecule has 0 radical (unpaired) electrons. The van der Waals surface area contributed by atoms with E-state index in [2.05, 4.69) is 57.3 Å². The van der Waals surface area contributed by atoms with Gasteiger partial charge in [-0.1, -0.05) is 39.8 Å². The second-order valence-electron chi connectivity index (χ2n) is 4.45. The summed E-state index contributed by atoms with van der Waals surface area (Å²) in [6.07, 6.45) is 2.29. The molecule has 0 aliphatic rings. The van der Waals surface area contributed by atoms with Gasteiger partial charge in [-0.05, 0) is 36.5 Å². The Morgan fingerprint density at radius 2 is 1.67 bits per heavy atom. The Labute approximate surface area is 93.9 Å². The third-order valence-electron chi connectivity index (χ3n) is 2.96. The van der Waals surface area contributed by atoms with Crippen LogP contribution in [-0.2, 0) is 6.42 Å². The van der Waals surface area contributed by atoms with Crippen molar-refractivity contribution in [2.24, 2.45) is 5.92 Å². The van der Waals surface area contributed by atoms with Gasteiger partial charge in [0.25, 0.3) is 0 Å². The van der Waals surface area contributed by atoms with Gasteiger partial charge in [0, 0.05) is 11.7 Å². The lowest BCUT2D eigenvalue weighted by molar-refractivity contribution is 0.511. The van der Waals surface area contributed by atoms with Crippen LogP contribution in [0.3, 0.4) is 0 Å². The lowest BCUT2D eigenvalue weighted by Crippen LogP contribution is -2.24. The van der Waals surface area contributed by atoms with Crippen molar-refractivity contribution in [1.29, 1.82) is 0 Å². The van der Waals surface area contributed by atoms with Crippen LogP contribution in [0.1, 0.15) is 39.7 Å². The van der Waals surface area contributed by atoms with Gasteiger partial charge in [0.05, 0.1) is 0 Å². The molecule has 0 saturated heterocycles. The summed E-state index contributed by atoms with van der Waals surface area (Å²) in [7, 11) is 0. The standard InChI is InChI=1S/C14H23N/c1-5-12-7-9-13(10-8-12)15-14(6-2)11(3)4/h7-11,14-15H,5-6H2,1-4H3. The Balaban J connectivity index is 2.63. The summed E-state index contributed by atoms with van der Waals surface area (Å²) in [5.41, 5.74) is 2.64. The lowest BCUT2D eigenvalue weighted by Gasteiger charge is -2.22. The maximum atomic E-state index is 3.58. The highest BCUT2D eigenvalue weighted by Crippen LogP contribution is 2.16. The number of hydrogen-bond donors (Lipinski definition) is 1. The fourth-order valence-corrected chi connectivity index (χ4v) is 1.79. The lowest BCUT2D eigenvalue weighted by atomic mass is 10.0. The third-order valence-corrected chi connectivity index (χ3v) is 2.96. The molecular weight excluding hydrogens is 182 g/mol. The zero-order valence-corrected chi connectivity index (χ0v) is 10.4. The third kappa shape index (κ3) is 3.58. The predicted molar refractivity (Wildman–Crippen MR) is 68.4 cm³/mol. The van der Waals surface area contributed by atoms with E-state index in [1.807, 2.05) is 0 Å². The summed E-state index contributed by atoms with van der Waals surface area (Å²) in [4.78, 5) is 0. The molecule has 1 rings (SSSR count). The first kappa shape index (κ1) is 12.1. The summed E-state index contributed by atoms with van der Waals surface area (Å²) in [6.45, 7) is 8.95. The van der Waals surface area contributed by atoms with Gasteiger partial charge in [-0.25, -0.2) is 0 Å². The number of rotatable bonds is 5. The molecule has 0 aliphatic carbocycles. The molecule has 1 aromatic carbocycles. The first-order valence-electron chi connectivity index (χ1n) is 6.02. The molecule has 0 bridgehead atoms. The van der Waals surface area contributed by atoms with Crippen molar-refractivity contribution in [3.8, 4) is 0 Å². The maximum absolute atomic E-state index is 3.58. The minimum atomic E-state index is 0.581. The van der Waals surface area contributed by atoms with Gasteiger partial charge in [-0.2, -0.15) is 0 Å². The molecule has 1 atom stereocenters. The zero-order chi connectivity index (χ0) is 11.3. The van der Waals surface area contributed by atoms with Gasteiger partial charge in [-0.15, -0.1) is 0 Å². The Bertz CT molecular complexity index is 274. The summed E-state index contributed by atoms with van der Waals surface area (Å²) < 4.78 is 0. The number of nitrogens with one attached hydrogen (secondary N) is 1. The van der Waals surface area contributed by atoms with Crippen molar-refractivity contribution in [2.75, 3.05) is 5.32 Å². The summed E-state index contributed by atoms with van der Waals surface area (Å²) >= 11 is 0. The van der Waals surface area contributed by atoms with E-state index in [9.17, 15) is 0 Å². The number of benzene rings is 1. The van der Waals surface area contributed by atoms with Crippen LogP contribution < -0.4 is 5.32 Å². The Kier molecular flexibility index (Phi) is 4.67. The summed E-state index contributed by atoms with van der Waals surface area (Å²) in [5.74, 6) is 0.681. The first-order chi connectivity index (χ1) is 7.17. The van der Waals surface area contributed by atoms with Crippen LogP contribution in [0.15, 0.2) is 24.3 Å². The second kappa shape index (κ2) is 5.79. The van der Waals surface area contributed by atoms with Gasteiger partial charge in [0.15, 0.2) is 0 Å². The highest BCUT2D eigenvalue weighted by Gasteiger charge is 2.09. The second-order valence-corrected chi connectivity index (χ2v) is 4.45. The molecule has 0 heterocycles. The Morgan fingerprint density at radius 1 is 1.07 bits per heavy atom. The average Bonchev–Trinajstić information content (AvgIpc) is 2.26. The predicted octanol–water partition coefficient (Wildman–Crippen LogP) is 4.10. The van der Waals surface area contributed by atoms with E-state index in [0.717, 1.165) is 6.42 Å². The van der Waals surface area contributed by atoms with Crippen molar-refractivity contribution < 1.29 is 0 Å². The van der Waals surface area contributed by atoms with Gasteiger partial charge < -0.3 is 5.32 Å². The van der Waals surface area contributed by atoms with E-state index in [0.29, 0.717) is 12.0 Å². The van der Waals surface area contributed by atoms with Crippen LogP contribution in [0.5, 0.6) is 0 Å². The smallest absolute Gasteiger partial charge is 0.0342 e. The van der Waals surface area contributed by atoms with Gasteiger partial charge in [0.2, 0.25) is 0 Å². The van der Waals surface area contributed by atoms with Crippen LogP contribution in [-0.4, -0.2) is 6.04 Å². The van der Waals surface area contributed by atoms with Crippen LogP contribution in [0.25, 0.3) is 0 Å². The van der Waals surface area contributed by atoms with Gasteiger partial charge in [-0.3, -0.25) is 0 Å². The van der Waals surface area contributed by atoms with E-state index >= 15 is 0 Å². The zero-order valence-electron chi connectivity index (χ0n) is 10.4. The molecule has 0 spiro atoms. The highest BCUT2D eigenvalue weighted by molar-refractivity contribution is 5.45. The van der Waals surface area contributed by atoms with E-state index in [1.54, 1.807) is 0 Å². The monoisotopic (exact) mass is 205 g/mol. The molecule has 84 valence electrons. The molecule has 15 heavy (non-hydrogen) atoms. The van der Waals surface area contributed by atoms with Crippen molar-refractivity contribution in [3.05, 3.63) is 29.8 Å². The van der Waals surface area contributed by atoms with Crippen LogP contribution in [0.4, 0.5) is 5.69 Å². The molecule has 1 heteroatoms. The average molecular weight is 205 g/mol. The number of aryl methyl sites for hydroxylation is 1. The molecule has 0 aliphatic heterocycles. The van der Waals surface area contributed by atoms with Crippen molar-refractivity contribution in [1.82, 2.24) is 0 Å². The van der Waals surface area contributed by atoms with Crippen molar-refractivity contribution >= 4 is 5.69 Å². The molecule has 1 aromatic rings. The highest BCUT2D eigenvalue weighted by atomic mass is 14.9. The molecular formula is C14H23N. The molecule has 0 saturated carbocycles. The Hall–Kier alpha value is -0.980. The van der Waals surface area contributed by atoms with Crippen LogP contribution in [0.2, 0.25) is 0 Å². The quantitative estimate of drug-likeness (QED) is 0.763. The molecule has 1 unspecified atom stereocenters. The maximum Gasteiger partial charge on any atom is 0.0342 e. The summed E-state index contributed by atoms with van der Waals surface area (Å²) in [6, 6.07) is 9.36. The minimum absolute atomic E-state index is 0.581. The molecule has 1 nitrogen and oxygen atoms in total. The van der Waals surface area contributed by atoms with Crippen molar-refractivity contribution in [3.63, 3.8) is 0 Å². The van der Waals surface area contributed by atoms with E-state index < -0.39 is 0 Å².